The summed E-state index contributed by atoms with van der Waals surface area (Å²) in [7, 11) is 1.53. The van der Waals surface area contributed by atoms with Crippen LogP contribution < -0.4 is 14.4 Å². The standard InChI is InChI=1S/C26H20Cl2N2O3/c1-32-25-14-17(7-9-24(25)33-16-18-6-8-21(27)22(28)13-18)12-20(15-29)26(31)30-11-10-19-4-2-3-5-23(19)30/h2-9,12-14H,10-11,16H2,1H3. The number of halogens is 2. The Hall–Kier alpha value is -3.46. The third kappa shape index (κ3) is 4.98. The molecule has 1 amide bonds. The number of fused-ring (bicyclic) bond motifs is 1. The first-order valence-electron chi connectivity index (χ1n) is 10.3. The van der Waals surface area contributed by atoms with E-state index in [0.29, 0.717) is 33.7 Å². The second kappa shape index (κ2) is 9.99. The smallest absolute Gasteiger partial charge is 0.268 e. The molecule has 0 N–H and O–H groups in total. The number of amides is 1. The maximum absolute atomic E-state index is 13.0. The summed E-state index contributed by atoms with van der Waals surface area (Å²) in [5.41, 5.74) is 3.53. The molecule has 0 atom stereocenters. The van der Waals surface area contributed by atoms with Crippen LogP contribution in [0.25, 0.3) is 6.08 Å². The molecule has 1 aliphatic rings. The fraction of sp³-hybridized carbons (Fsp3) is 0.154. The Bertz CT molecular complexity index is 1280. The molecular formula is C26H20Cl2N2O3. The summed E-state index contributed by atoms with van der Waals surface area (Å²) < 4.78 is 11.3. The molecular weight excluding hydrogens is 459 g/mol. The number of anilines is 1. The van der Waals surface area contributed by atoms with Gasteiger partial charge in [0.1, 0.15) is 18.2 Å². The van der Waals surface area contributed by atoms with Gasteiger partial charge in [-0.2, -0.15) is 5.26 Å². The molecule has 0 aliphatic carbocycles. The van der Waals surface area contributed by atoms with Crippen molar-refractivity contribution in [2.75, 3.05) is 18.6 Å². The average molecular weight is 479 g/mol. The zero-order chi connectivity index (χ0) is 23.4. The maximum Gasteiger partial charge on any atom is 0.268 e. The number of nitrogens with zero attached hydrogens (tertiary/aromatic N) is 2. The minimum Gasteiger partial charge on any atom is -0.493 e. The fourth-order valence-electron chi connectivity index (χ4n) is 3.69. The van der Waals surface area contributed by atoms with Crippen LogP contribution in [0.3, 0.4) is 0 Å². The molecule has 0 fully saturated rings. The van der Waals surface area contributed by atoms with Crippen LogP contribution in [-0.4, -0.2) is 19.6 Å². The van der Waals surface area contributed by atoms with Crippen molar-refractivity contribution in [1.29, 1.82) is 5.26 Å². The van der Waals surface area contributed by atoms with E-state index in [-0.39, 0.29) is 18.1 Å². The Labute approximate surface area is 202 Å². The van der Waals surface area contributed by atoms with Crippen molar-refractivity contribution in [3.05, 3.63) is 93.0 Å². The summed E-state index contributed by atoms with van der Waals surface area (Å²) in [5.74, 6) is 0.695. The molecule has 3 aromatic rings. The number of para-hydroxylation sites is 1. The summed E-state index contributed by atoms with van der Waals surface area (Å²) in [6.45, 7) is 0.834. The van der Waals surface area contributed by atoms with Gasteiger partial charge in [0, 0.05) is 12.2 Å². The van der Waals surface area contributed by atoms with Crippen LogP contribution >= 0.6 is 23.2 Å². The highest BCUT2D eigenvalue weighted by atomic mass is 35.5. The minimum atomic E-state index is -0.318. The number of nitriles is 1. The first-order valence-corrected chi connectivity index (χ1v) is 11.0. The second-order valence-electron chi connectivity index (χ2n) is 7.45. The normalized spacial score (nSPS) is 12.8. The van der Waals surface area contributed by atoms with E-state index in [0.717, 1.165) is 23.2 Å². The van der Waals surface area contributed by atoms with Gasteiger partial charge in [-0.3, -0.25) is 4.79 Å². The molecule has 3 aromatic carbocycles. The first-order chi connectivity index (χ1) is 16.0. The molecule has 0 radical (unpaired) electrons. The van der Waals surface area contributed by atoms with Gasteiger partial charge in [0.15, 0.2) is 11.5 Å². The summed E-state index contributed by atoms with van der Waals surface area (Å²) in [6.07, 6.45) is 2.34. The van der Waals surface area contributed by atoms with Crippen molar-refractivity contribution >= 4 is 40.9 Å². The molecule has 0 saturated heterocycles. The number of ether oxygens (including phenoxy) is 2. The number of benzene rings is 3. The molecule has 0 saturated carbocycles. The number of carbonyl (C=O) groups is 1. The number of rotatable bonds is 6. The SMILES string of the molecule is COc1cc(C=C(C#N)C(=O)N2CCc3ccccc32)ccc1OCc1ccc(Cl)c(Cl)c1. The number of hydrogen-bond acceptors (Lipinski definition) is 4. The molecule has 0 unspecified atom stereocenters. The lowest BCUT2D eigenvalue weighted by Crippen LogP contribution is -2.29. The molecule has 1 heterocycles. The van der Waals surface area contributed by atoms with Gasteiger partial charge in [-0.1, -0.05) is 53.5 Å². The number of carbonyl (C=O) groups excluding carboxylic acids is 1. The molecule has 1 aliphatic heterocycles. The van der Waals surface area contributed by atoms with Crippen LogP contribution in [0, 0.1) is 11.3 Å². The van der Waals surface area contributed by atoms with Crippen molar-refractivity contribution in [2.24, 2.45) is 0 Å². The fourth-order valence-corrected chi connectivity index (χ4v) is 4.01. The first kappa shape index (κ1) is 22.7. The van der Waals surface area contributed by atoms with Crippen LogP contribution in [0.4, 0.5) is 5.69 Å². The van der Waals surface area contributed by atoms with Crippen molar-refractivity contribution in [1.82, 2.24) is 0 Å². The van der Waals surface area contributed by atoms with Gasteiger partial charge < -0.3 is 14.4 Å². The maximum atomic E-state index is 13.0. The Kier molecular flexibility index (Phi) is 6.88. The number of hydrogen-bond donors (Lipinski definition) is 0. The Morgan fingerprint density at radius 2 is 1.91 bits per heavy atom. The van der Waals surface area contributed by atoms with Gasteiger partial charge in [-0.25, -0.2) is 0 Å². The third-order valence-electron chi connectivity index (χ3n) is 5.36. The van der Waals surface area contributed by atoms with Crippen LogP contribution in [0.1, 0.15) is 16.7 Å². The minimum absolute atomic E-state index is 0.0539. The highest BCUT2D eigenvalue weighted by Gasteiger charge is 2.26. The van der Waals surface area contributed by atoms with Crippen LogP contribution in [-0.2, 0) is 17.8 Å². The third-order valence-corrected chi connectivity index (χ3v) is 6.10. The monoisotopic (exact) mass is 478 g/mol. The van der Waals surface area contributed by atoms with E-state index in [1.54, 1.807) is 41.3 Å². The van der Waals surface area contributed by atoms with E-state index in [1.807, 2.05) is 36.4 Å². The van der Waals surface area contributed by atoms with Crippen LogP contribution in [0.2, 0.25) is 10.0 Å². The molecule has 7 heteroatoms. The predicted octanol–water partition coefficient (Wildman–Crippen LogP) is 6.08. The lowest BCUT2D eigenvalue weighted by molar-refractivity contribution is -0.114. The van der Waals surface area contributed by atoms with Crippen molar-refractivity contribution < 1.29 is 14.3 Å². The predicted molar refractivity (Wildman–Crippen MR) is 130 cm³/mol. The van der Waals surface area contributed by atoms with E-state index in [9.17, 15) is 10.1 Å². The van der Waals surface area contributed by atoms with Crippen molar-refractivity contribution in [2.45, 2.75) is 13.0 Å². The zero-order valence-corrected chi connectivity index (χ0v) is 19.4. The summed E-state index contributed by atoms with van der Waals surface area (Å²) in [4.78, 5) is 14.7. The van der Waals surface area contributed by atoms with Crippen molar-refractivity contribution in [3.8, 4) is 17.6 Å². The van der Waals surface area contributed by atoms with E-state index >= 15 is 0 Å². The van der Waals surface area contributed by atoms with Gasteiger partial charge in [0.25, 0.3) is 5.91 Å². The van der Waals surface area contributed by atoms with E-state index in [4.69, 9.17) is 32.7 Å². The van der Waals surface area contributed by atoms with Gasteiger partial charge in [0.05, 0.1) is 17.2 Å². The highest BCUT2D eigenvalue weighted by Crippen LogP contribution is 2.32. The molecule has 4 rings (SSSR count). The van der Waals surface area contributed by atoms with Gasteiger partial charge >= 0.3 is 0 Å². The van der Waals surface area contributed by atoms with Gasteiger partial charge in [-0.05, 0) is 59.5 Å². The lowest BCUT2D eigenvalue weighted by atomic mass is 10.1. The van der Waals surface area contributed by atoms with Crippen molar-refractivity contribution in [3.63, 3.8) is 0 Å². The average Bonchev–Trinajstić information content (AvgIpc) is 3.27. The topological polar surface area (TPSA) is 62.6 Å². The Morgan fingerprint density at radius 1 is 1.09 bits per heavy atom. The molecule has 0 aromatic heterocycles. The highest BCUT2D eigenvalue weighted by molar-refractivity contribution is 6.42. The van der Waals surface area contributed by atoms with E-state index < -0.39 is 0 Å². The lowest BCUT2D eigenvalue weighted by Gasteiger charge is -2.16. The number of methoxy groups -OCH3 is 1. The largest absolute Gasteiger partial charge is 0.493 e. The molecule has 0 spiro atoms. The Balaban J connectivity index is 1.53. The molecule has 33 heavy (non-hydrogen) atoms. The molecule has 5 nitrogen and oxygen atoms in total. The van der Waals surface area contributed by atoms with Gasteiger partial charge in [0.2, 0.25) is 0 Å². The second-order valence-corrected chi connectivity index (χ2v) is 8.27. The van der Waals surface area contributed by atoms with E-state index in [2.05, 4.69) is 0 Å². The molecule has 166 valence electrons. The summed E-state index contributed by atoms with van der Waals surface area (Å²) in [5, 5.41) is 10.6. The van der Waals surface area contributed by atoms with Gasteiger partial charge in [-0.15, -0.1) is 0 Å². The van der Waals surface area contributed by atoms with Crippen LogP contribution in [0.5, 0.6) is 11.5 Å². The summed E-state index contributed by atoms with van der Waals surface area (Å²) in [6, 6.07) is 20.3. The quantitative estimate of drug-likeness (QED) is 0.318. The summed E-state index contributed by atoms with van der Waals surface area (Å²) >= 11 is 12.0. The van der Waals surface area contributed by atoms with Crippen LogP contribution in [0.15, 0.2) is 66.2 Å². The Morgan fingerprint density at radius 3 is 2.67 bits per heavy atom. The zero-order valence-electron chi connectivity index (χ0n) is 17.8. The molecule has 0 bridgehead atoms. The van der Waals surface area contributed by atoms with E-state index in [1.165, 1.54) is 7.11 Å².